The van der Waals surface area contributed by atoms with E-state index in [0.29, 0.717) is 25.8 Å². The van der Waals surface area contributed by atoms with Crippen molar-refractivity contribution in [2.24, 2.45) is 23.5 Å². The van der Waals surface area contributed by atoms with Crippen molar-refractivity contribution in [2.45, 2.75) is 154 Å². The second-order valence-corrected chi connectivity index (χ2v) is 15.7. The molecule has 3 aliphatic heterocycles. The van der Waals surface area contributed by atoms with E-state index < -0.39 is 89.1 Å². The minimum absolute atomic E-state index is 0.0113. The van der Waals surface area contributed by atoms with Crippen molar-refractivity contribution in [2.75, 3.05) is 34.3 Å². The molecule has 14 nitrogen and oxygen atoms in total. The third-order valence-corrected chi connectivity index (χ3v) is 11.3. The Morgan fingerprint density at radius 1 is 1.06 bits per heavy atom. The van der Waals surface area contributed by atoms with Crippen LogP contribution in [0.5, 0.6) is 0 Å². The van der Waals surface area contributed by atoms with Gasteiger partial charge < -0.3 is 44.0 Å². The van der Waals surface area contributed by atoms with Crippen molar-refractivity contribution in [3.05, 3.63) is 0 Å². The van der Waals surface area contributed by atoms with Crippen LogP contribution in [0.4, 0.5) is 9.18 Å². The molecule has 0 saturated carbocycles. The third kappa shape index (κ3) is 8.80. The molecule has 3 saturated heterocycles. The molecule has 1 amide bonds. The molecule has 0 aromatic rings. The van der Waals surface area contributed by atoms with E-state index in [4.69, 9.17) is 34.2 Å². The fourth-order valence-electron chi connectivity index (χ4n) is 8.44. The average Bonchev–Trinajstić information content (AvgIpc) is 3.33. The number of rotatable bonds is 10. The highest BCUT2D eigenvalue weighted by Gasteiger charge is 2.61. The smallest absolute Gasteiger partial charge is 0.410 e. The number of unbranched alkanes of at least 4 members (excludes halogenated alkanes) is 1. The van der Waals surface area contributed by atoms with E-state index in [1.165, 1.54) is 25.9 Å². The molecule has 3 rings (SSSR count). The van der Waals surface area contributed by atoms with E-state index >= 15 is 4.39 Å². The van der Waals surface area contributed by atoms with Crippen LogP contribution in [-0.4, -0.2) is 133 Å². The normalized spacial score (nSPS) is 40.9. The number of hydrogen-bond donors (Lipinski definition) is 1. The number of amides is 1. The van der Waals surface area contributed by atoms with Crippen molar-refractivity contribution < 1.29 is 56.8 Å². The Kier molecular flexibility index (Phi) is 14.4. The van der Waals surface area contributed by atoms with E-state index in [2.05, 4.69) is 0 Å². The summed E-state index contributed by atoms with van der Waals surface area (Å²) in [5.41, 5.74) is -0.490. The summed E-state index contributed by atoms with van der Waals surface area (Å²) >= 11 is 0. The van der Waals surface area contributed by atoms with Crippen LogP contribution in [0.1, 0.15) is 94.4 Å². The lowest BCUT2D eigenvalue weighted by atomic mass is 9.73. The first-order chi connectivity index (χ1) is 24.1. The lowest BCUT2D eigenvalue weighted by molar-refractivity contribution is -0.298. The first-order valence-electron chi connectivity index (χ1n) is 18.5. The van der Waals surface area contributed by atoms with Gasteiger partial charge >= 0.3 is 18.0 Å². The molecule has 0 aliphatic carbocycles. The van der Waals surface area contributed by atoms with E-state index in [9.17, 15) is 24.0 Å². The number of methoxy groups -OCH3 is 1. The Morgan fingerprint density at radius 2 is 1.69 bits per heavy atom. The van der Waals surface area contributed by atoms with Crippen LogP contribution >= 0.6 is 0 Å². The van der Waals surface area contributed by atoms with Crippen LogP contribution in [-0.2, 0) is 47.6 Å². The van der Waals surface area contributed by atoms with Crippen LogP contribution in [0.15, 0.2) is 0 Å². The summed E-state index contributed by atoms with van der Waals surface area (Å²) in [5.74, 6) is -6.40. The van der Waals surface area contributed by atoms with Crippen LogP contribution < -0.4 is 5.73 Å². The summed E-state index contributed by atoms with van der Waals surface area (Å²) in [6.45, 7) is 14.3. The topological polar surface area (TPSA) is 173 Å². The minimum atomic E-state index is -3.18. The Hall–Kier alpha value is -2.72. The van der Waals surface area contributed by atoms with Gasteiger partial charge in [-0.15, -0.1) is 0 Å². The zero-order chi connectivity index (χ0) is 39.5. The Labute approximate surface area is 307 Å². The number of carbonyl (C=O) groups is 5. The van der Waals surface area contributed by atoms with Gasteiger partial charge in [-0.3, -0.25) is 14.4 Å². The monoisotopic (exact) mass is 743 g/mol. The van der Waals surface area contributed by atoms with Gasteiger partial charge in [0.15, 0.2) is 23.8 Å². The molecule has 0 spiro atoms. The number of nitrogens with zero attached hydrogens (tertiary/aromatic N) is 2. The summed E-state index contributed by atoms with van der Waals surface area (Å²) in [6, 6.07) is -1.25. The molecular formula is C37H62FN3O11. The maximum absolute atomic E-state index is 16.8. The molecule has 0 bridgehead atoms. The van der Waals surface area contributed by atoms with Gasteiger partial charge in [0.05, 0.1) is 29.9 Å². The first-order valence-corrected chi connectivity index (χ1v) is 18.5. The Bertz CT molecular complexity index is 1320. The van der Waals surface area contributed by atoms with Gasteiger partial charge in [0.1, 0.15) is 11.9 Å². The van der Waals surface area contributed by atoms with Gasteiger partial charge in [-0.05, 0) is 80.4 Å². The van der Waals surface area contributed by atoms with Gasteiger partial charge in [0, 0.05) is 38.3 Å². The molecular weight excluding hydrogens is 681 g/mol. The molecule has 298 valence electrons. The van der Waals surface area contributed by atoms with Gasteiger partial charge in [0.25, 0.3) is 5.67 Å². The van der Waals surface area contributed by atoms with Crippen LogP contribution in [0.2, 0.25) is 0 Å². The molecule has 0 aromatic heterocycles. The molecule has 3 aliphatic rings. The molecule has 4 unspecified atom stereocenters. The molecule has 13 atom stereocenters. The van der Waals surface area contributed by atoms with E-state index in [1.807, 2.05) is 25.9 Å². The molecule has 52 heavy (non-hydrogen) atoms. The number of carbonyl (C=O) groups excluding carboxylic acids is 5. The zero-order valence-corrected chi connectivity index (χ0v) is 33.1. The number of ether oxygens (including phenoxy) is 6. The van der Waals surface area contributed by atoms with Crippen molar-refractivity contribution in [3.63, 3.8) is 0 Å². The lowest BCUT2D eigenvalue weighted by Gasteiger charge is -2.48. The Balaban J connectivity index is 2.20. The van der Waals surface area contributed by atoms with Crippen LogP contribution in [0.25, 0.3) is 0 Å². The number of halogens is 1. The highest BCUT2D eigenvalue weighted by Crippen LogP contribution is 2.44. The second kappa shape index (κ2) is 17.2. The molecule has 0 aromatic carbocycles. The maximum Gasteiger partial charge on any atom is 0.410 e. The predicted molar refractivity (Wildman–Crippen MR) is 188 cm³/mol. The van der Waals surface area contributed by atoms with Gasteiger partial charge in [-0.25, -0.2) is 14.0 Å². The number of likely N-dealkylation sites (N-methyl/N-ethyl adjacent to an activating group) is 1. The summed E-state index contributed by atoms with van der Waals surface area (Å²) < 4.78 is 53.1. The fourth-order valence-corrected chi connectivity index (χ4v) is 8.44. The van der Waals surface area contributed by atoms with E-state index in [-0.39, 0.29) is 37.3 Å². The number of hydrogen-bond acceptors (Lipinski definition) is 13. The third-order valence-electron chi connectivity index (χ3n) is 11.3. The lowest BCUT2D eigenvalue weighted by Crippen LogP contribution is -2.62. The quantitative estimate of drug-likeness (QED) is 0.149. The number of cyclic esters (lactones) is 1. The summed E-state index contributed by atoms with van der Waals surface area (Å²) in [6.07, 6.45) is -4.05. The van der Waals surface area contributed by atoms with Crippen molar-refractivity contribution >= 4 is 29.6 Å². The molecule has 0 radical (unpaired) electrons. The number of ketones is 2. The summed E-state index contributed by atoms with van der Waals surface area (Å²) in [4.78, 5) is 71.6. The molecule has 15 heteroatoms. The van der Waals surface area contributed by atoms with Crippen LogP contribution in [0, 0.1) is 17.8 Å². The zero-order valence-electron chi connectivity index (χ0n) is 33.1. The predicted octanol–water partition coefficient (Wildman–Crippen LogP) is 3.59. The molecule has 3 heterocycles. The van der Waals surface area contributed by atoms with Crippen LogP contribution in [0.3, 0.4) is 0 Å². The highest BCUT2D eigenvalue weighted by atomic mass is 19.1. The second-order valence-electron chi connectivity index (χ2n) is 15.7. The number of alkyl halides is 1. The summed E-state index contributed by atoms with van der Waals surface area (Å²) in [7, 11) is 5.05. The summed E-state index contributed by atoms with van der Waals surface area (Å²) in [5, 5.41) is 0. The van der Waals surface area contributed by atoms with E-state index in [1.54, 1.807) is 34.6 Å². The largest absolute Gasteiger partial charge is 0.455 e. The van der Waals surface area contributed by atoms with Crippen molar-refractivity contribution in [3.8, 4) is 0 Å². The van der Waals surface area contributed by atoms with Crippen molar-refractivity contribution in [1.82, 2.24) is 9.80 Å². The number of nitrogens with two attached hydrogens (primary N) is 1. The highest BCUT2D eigenvalue weighted by molar-refractivity contribution is 6.08. The number of esters is 2. The van der Waals surface area contributed by atoms with Gasteiger partial charge in [-0.2, -0.15) is 0 Å². The van der Waals surface area contributed by atoms with Crippen molar-refractivity contribution in [1.29, 1.82) is 0 Å². The molecule has 3 fully saturated rings. The standard InChI is InChI=1S/C37H62FN3O11/c1-13-26-37(9)29(41(34(46)52-37)17-15-14-16-39)22(4)27(43)20(2)19-35(7,47-12)31(23(5)30(44)36(8,38)33(45)50-26)51-32-28(49-24(6)42)25(40(10)11)18-21(3)48-32/h20-23,25-26,28-29,31-32H,13-19,39H2,1-12H3/t20-,21?,22+,23+,25?,26-,28?,29-,31-,32?,35+,36+,37-/m1/s1. The fraction of sp³-hybridized carbons (Fsp3) is 0.865. The number of fused-ring (bicyclic) bond motifs is 1. The first kappa shape index (κ1) is 43.7. The number of Topliss-reactive ketones (excluding diaryl/α,β-unsaturated/α-hetero) is 2. The van der Waals surface area contributed by atoms with Gasteiger partial charge in [-0.1, -0.05) is 27.7 Å². The van der Waals surface area contributed by atoms with E-state index in [0.717, 1.165) is 6.92 Å². The van der Waals surface area contributed by atoms with Gasteiger partial charge in [0.2, 0.25) is 0 Å². The minimum Gasteiger partial charge on any atom is -0.455 e. The maximum atomic E-state index is 16.8. The average molecular weight is 744 g/mol. The Morgan fingerprint density at radius 3 is 2.23 bits per heavy atom. The SMILES string of the molecule is CC[C@H]1OC(=O)[C@@](C)(F)C(=O)[C@H](C)[C@@H](OC2OC(C)CC(N(C)C)C2OC(C)=O)[C@@](C)(OC)C[C@@H](C)C(=O)[C@H](C)[C@H]2N(CCCCN)C(=O)O[C@]12C. The molecule has 2 N–H and O–H groups in total.